The minimum Gasteiger partial charge on any atom is -0.457 e. The van der Waals surface area contributed by atoms with Gasteiger partial charge in [0.25, 0.3) is 5.91 Å². The molecule has 2 N–H and O–H groups in total. The molecule has 0 saturated carbocycles. The van der Waals surface area contributed by atoms with Gasteiger partial charge in [-0.2, -0.15) is 5.10 Å². The van der Waals surface area contributed by atoms with Gasteiger partial charge in [-0.1, -0.05) is 12.1 Å². The second kappa shape index (κ2) is 6.95. The lowest BCUT2D eigenvalue weighted by atomic mass is 10.1. The Kier molecular flexibility index (Phi) is 4.56. The van der Waals surface area contributed by atoms with Crippen molar-refractivity contribution in [2.45, 2.75) is 19.8 Å². The fourth-order valence-corrected chi connectivity index (χ4v) is 2.26. The minimum absolute atomic E-state index is 0.177. The average molecular weight is 323 g/mol. The van der Waals surface area contributed by atoms with Crippen LogP contribution in [0.25, 0.3) is 0 Å². The van der Waals surface area contributed by atoms with Gasteiger partial charge in [0.15, 0.2) is 0 Å². The highest BCUT2D eigenvalue weighted by Crippen LogP contribution is 2.23. The van der Waals surface area contributed by atoms with Crippen LogP contribution in [0, 0.1) is 6.92 Å². The van der Waals surface area contributed by atoms with Gasteiger partial charge in [-0.3, -0.25) is 9.59 Å². The monoisotopic (exact) mass is 323 g/mol. The molecule has 1 aliphatic heterocycles. The van der Waals surface area contributed by atoms with Gasteiger partial charge in [-0.25, -0.2) is 5.43 Å². The molecule has 0 atom stereocenters. The molecule has 0 aromatic heterocycles. The normalized spacial score (nSPS) is 13.7. The van der Waals surface area contributed by atoms with Crippen molar-refractivity contribution in [1.82, 2.24) is 5.43 Å². The molecule has 6 nitrogen and oxygen atoms in total. The van der Waals surface area contributed by atoms with Gasteiger partial charge in [0, 0.05) is 18.5 Å². The van der Waals surface area contributed by atoms with E-state index in [1.807, 2.05) is 31.2 Å². The summed E-state index contributed by atoms with van der Waals surface area (Å²) in [5.74, 6) is 0.950. The number of anilines is 1. The van der Waals surface area contributed by atoms with Crippen LogP contribution in [0.5, 0.6) is 11.5 Å². The summed E-state index contributed by atoms with van der Waals surface area (Å²) in [5.41, 5.74) is 4.38. The van der Waals surface area contributed by atoms with Crippen molar-refractivity contribution >= 4 is 23.2 Å². The highest BCUT2D eigenvalue weighted by molar-refractivity contribution is 6.43. The van der Waals surface area contributed by atoms with Crippen molar-refractivity contribution in [1.29, 1.82) is 0 Å². The van der Waals surface area contributed by atoms with Crippen molar-refractivity contribution in [3.63, 3.8) is 0 Å². The number of nitrogens with zero attached hydrogens (tertiary/aromatic N) is 1. The van der Waals surface area contributed by atoms with E-state index in [1.165, 1.54) is 0 Å². The zero-order valence-electron chi connectivity index (χ0n) is 13.2. The molecule has 24 heavy (non-hydrogen) atoms. The fourth-order valence-electron chi connectivity index (χ4n) is 2.26. The Morgan fingerprint density at radius 2 is 1.92 bits per heavy atom. The second-order valence-corrected chi connectivity index (χ2v) is 5.49. The molecule has 2 aromatic rings. The molecule has 1 heterocycles. The zero-order valence-corrected chi connectivity index (χ0v) is 13.2. The first-order valence-corrected chi connectivity index (χ1v) is 7.61. The van der Waals surface area contributed by atoms with Crippen molar-refractivity contribution < 1.29 is 14.3 Å². The first kappa shape index (κ1) is 15.7. The summed E-state index contributed by atoms with van der Waals surface area (Å²) in [7, 11) is 0. The fraction of sp³-hybridized carbons (Fsp3) is 0.167. The topological polar surface area (TPSA) is 79.8 Å². The predicted octanol–water partition coefficient (Wildman–Crippen LogP) is 2.99. The Balaban J connectivity index is 1.62. The predicted molar refractivity (Wildman–Crippen MR) is 91.1 cm³/mol. The molecule has 2 amide bonds. The third-order valence-corrected chi connectivity index (χ3v) is 3.50. The Hall–Kier alpha value is -3.15. The van der Waals surface area contributed by atoms with Crippen LogP contribution in [-0.4, -0.2) is 17.5 Å². The summed E-state index contributed by atoms with van der Waals surface area (Å²) in [6.07, 6.45) is 0.613. The first-order valence-electron chi connectivity index (χ1n) is 7.61. The van der Waals surface area contributed by atoms with Crippen molar-refractivity contribution in [3.8, 4) is 11.5 Å². The first-order chi connectivity index (χ1) is 11.6. The number of hydrogen-bond donors (Lipinski definition) is 2. The lowest BCUT2D eigenvalue weighted by Crippen LogP contribution is -2.32. The van der Waals surface area contributed by atoms with E-state index in [0.29, 0.717) is 23.6 Å². The standard InChI is InChI=1S/C18H17N3O3/c1-12-3-2-4-15(11-12)24-14-7-5-13(6-8-14)19-18(23)16-9-10-17(22)21-20-16/h2-8,11H,9-10H2,1H3,(H,19,23)(H,21,22). The molecule has 0 spiro atoms. The number of aryl methyl sites for hydroxylation is 1. The van der Waals surface area contributed by atoms with Crippen LogP contribution in [-0.2, 0) is 9.59 Å². The second-order valence-electron chi connectivity index (χ2n) is 5.49. The van der Waals surface area contributed by atoms with Crippen molar-refractivity contribution in [2.24, 2.45) is 5.10 Å². The molecule has 0 aliphatic carbocycles. The minimum atomic E-state index is -0.317. The smallest absolute Gasteiger partial charge is 0.271 e. The van der Waals surface area contributed by atoms with Crippen molar-refractivity contribution in [3.05, 3.63) is 54.1 Å². The summed E-state index contributed by atoms with van der Waals surface area (Å²) in [6.45, 7) is 2.00. The Morgan fingerprint density at radius 3 is 2.58 bits per heavy atom. The zero-order chi connectivity index (χ0) is 16.9. The molecule has 1 aliphatic rings. The Morgan fingerprint density at radius 1 is 1.12 bits per heavy atom. The Labute approximate surface area is 139 Å². The van der Waals surface area contributed by atoms with Gasteiger partial charge in [0.05, 0.1) is 0 Å². The quantitative estimate of drug-likeness (QED) is 0.907. The van der Waals surface area contributed by atoms with Crippen LogP contribution >= 0.6 is 0 Å². The van der Waals surface area contributed by atoms with Crippen LogP contribution in [0.2, 0.25) is 0 Å². The van der Waals surface area contributed by atoms with E-state index in [0.717, 1.165) is 11.3 Å². The van der Waals surface area contributed by atoms with Gasteiger partial charge in [-0.05, 0) is 48.9 Å². The molecule has 0 radical (unpaired) electrons. The van der Waals surface area contributed by atoms with Gasteiger partial charge in [-0.15, -0.1) is 0 Å². The maximum Gasteiger partial charge on any atom is 0.271 e. The highest BCUT2D eigenvalue weighted by atomic mass is 16.5. The number of amides is 2. The number of nitrogens with one attached hydrogen (secondary N) is 2. The van der Waals surface area contributed by atoms with Crippen LogP contribution in [0.4, 0.5) is 5.69 Å². The number of benzene rings is 2. The largest absolute Gasteiger partial charge is 0.457 e. The summed E-state index contributed by atoms with van der Waals surface area (Å²) in [4.78, 5) is 23.1. The number of ether oxygens (including phenoxy) is 1. The highest BCUT2D eigenvalue weighted by Gasteiger charge is 2.18. The van der Waals surface area contributed by atoms with Crippen LogP contribution in [0.1, 0.15) is 18.4 Å². The molecule has 122 valence electrons. The maximum atomic E-state index is 12.1. The van der Waals surface area contributed by atoms with E-state index in [2.05, 4.69) is 15.8 Å². The summed E-state index contributed by atoms with van der Waals surface area (Å²) in [5, 5.41) is 6.52. The Bertz CT molecular complexity index is 797. The third-order valence-electron chi connectivity index (χ3n) is 3.50. The summed E-state index contributed by atoms with van der Waals surface area (Å²) < 4.78 is 5.76. The van der Waals surface area contributed by atoms with E-state index >= 15 is 0 Å². The van der Waals surface area contributed by atoms with Crippen molar-refractivity contribution in [2.75, 3.05) is 5.32 Å². The lowest BCUT2D eigenvalue weighted by Gasteiger charge is -2.12. The van der Waals surface area contributed by atoms with Gasteiger partial charge in [0.1, 0.15) is 17.2 Å². The molecule has 0 saturated heterocycles. The van der Waals surface area contributed by atoms with Gasteiger partial charge < -0.3 is 10.1 Å². The van der Waals surface area contributed by atoms with E-state index in [9.17, 15) is 9.59 Å². The number of carbonyl (C=O) groups is 2. The van der Waals surface area contributed by atoms with Crippen LogP contribution in [0.3, 0.4) is 0 Å². The average Bonchev–Trinajstić information content (AvgIpc) is 2.57. The lowest BCUT2D eigenvalue weighted by molar-refractivity contribution is -0.121. The van der Waals surface area contributed by atoms with Gasteiger partial charge in [0.2, 0.25) is 5.91 Å². The molecule has 0 unspecified atom stereocenters. The number of hydrazone groups is 1. The molecular formula is C18H17N3O3. The molecular weight excluding hydrogens is 306 g/mol. The van der Waals surface area contributed by atoms with Gasteiger partial charge >= 0.3 is 0 Å². The molecule has 0 fully saturated rings. The van der Waals surface area contributed by atoms with Crippen LogP contribution in [0.15, 0.2) is 53.6 Å². The molecule has 3 rings (SSSR count). The molecule has 0 bridgehead atoms. The number of carbonyl (C=O) groups excluding carboxylic acids is 2. The molecule has 6 heteroatoms. The maximum absolute atomic E-state index is 12.1. The summed E-state index contributed by atoms with van der Waals surface area (Å²) in [6, 6.07) is 14.8. The number of rotatable bonds is 4. The SMILES string of the molecule is Cc1cccc(Oc2ccc(NC(=O)C3=NNC(=O)CC3)cc2)c1. The van der Waals surface area contributed by atoms with Crippen LogP contribution < -0.4 is 15.5 Å². The number of hydrogen-bond acceptors (Lipinski definition) is 4. The van der Waals surface area contributed by atoms with E-state index in [1.54, 1.807) is 24.3 Å². The van der Waals surface area contributed by atoms with E-state index in [4.69, 9.17) is 4.74 Å². The molecule has 2 aromatic carbocycles. The van der Waals surface area contributed by atoms with E-state index in [-0.39, 0.29) is 18.2 Å². The van der Waals surface area contributed by atoms with E-state index < -0.39 is 0 Å². The third kappa shape index (κ3) is 3.98. The summed E-state index contributed by atoms with van der Waals surface area (Å²) >= 11 is 0.